The Morgan fingerprint density at radius 3 is 2.29 bits per heavy atom. The maximum Gasteiger partial charge on any atom is 0.233 e. The molecule has 2 rings (SSSR count). The van der Waals surface area contributed by atoms with Gasteiger partial charge in [-0.2, -0.15) is 0 Å². The summed E-state index contributed by atoms with van der Waals surface area (Å²) in [6.07, 6.45) is 3.35. The molecule has 0 unspecified atom stereocenters. The second-order valence-electron chi connectivity index (χ2n) is 4.57. The maximum absolute atomic E-state index is 14.1. The van der Waals surface area contributed by atoms with Gasteiger partial charge in [-0.3, -0.25) is 9.59 Å². The van der Waals surface area contributed by atoms with E-state index in [2.05, 4.69) is 0 Å². The van der Waals surface area contributed by atoms with E-state index in [1.807, 2.05) is 0 Å². The number of carbonyl (C=O) groups excluding carboxylic acids is 2. The van der Waals surface area contributed by atoms with Gasteiger partial charge >= 0.3 is 0 Å². The Balaban J connectivity index is 2.36. The Labute approximate surface area is 121 Å². The summed E-state index contributed by atoms with van der Waals surface area (Å²) in [6, 6.07) is 2.12. The molecule has 0 bridgehead atoms. The van der Waals surface area contributed by atoms with Crippen molar-refractivity contribution in [1.29, 1.82) is 0 Å². The van der Waals surface area contributed by atoms with Crippen LogP contribution in [0.5, 0.6) is 0 Å². The highest BCUT2D eigenvalue weighted by molar-refractivity contribution is 6.16. The molecule has 0 saturated carbocycles. The second-order valence-corrected chi connectivity index (χ2v) is 4.57. The van der Waals surface area contributed by atoms with Gasteiger partial charge in [0.15, 0.2) is 11.6 Å². The Morgan fingerprint density at radius 1 is 1.19 bits per heavy atom. The molecule has 112 valence electrons. The van der Waals surface area contributed by atoms with Gasteiger partial charge in [0.2, 0.25) is 11.8 Å². The molecule has 6 heteroatoms. The zero-order valence-electron chi connectivity index (χ0n) is 11.6. The van der Waals surface area contributed by atoms with Crippen LogP contribution in [-0.4, -0.2) is 18.4 Å². The van der Waals surface area contributed by atoms with Gasteiger partial charge in [0.05, 0.1) is 12.9 Å². The highest BCUT2D eigenvalue weighted by atomic mass is 19.1. The van der Waals surface area contributed by atoms with Gasteiger partial charge in [-0.05, 0) is 37.1 Å². The number of carbonyl (C=O) groups is 2. The minimum Gasteiger partial charge on any atom is -0.501 e. The molecule has 1 heterocycles. The van der Waals surface area contributed by atoms with Crippen molar-refractivity contribution in [3.8, 4) is 0 Å². The molecular weight excluding hydrogens is 280 g/mol. The molecule has 1 saturated heterocycles. The third-order valence-electron chi connectivity index (χ3n) is 3.07. The summed E-state index contributed by atoms with van der Waals surface area (Å²) in [5.74, 6) is -3.06. The lowest BCUT2D eigenvalue weighted by Crippen LogP contribution is -2.41. The van der Waals surface area contributed by atoms with Crippen LogP contribution < -0.4 is 4.90 Å². The Morgan fingerprint density at radius 2 is 1.76 bits per heavy atom. The lowest BCUT2D eigenvalue weighted by atomic mass is 10.1. The van der Waals surface area contributed by atoms with E-state index in [0.29, 0.717) is 17.9 Å². The summed E-state index contributed by atoms with van der Waals surface area (Å²) in [7, 11) is 0. The number of benzene rings is 1. The molecule has 0 aliphatic carbocycles. The van der Waals surface area contributed by atoms with Gasteiger partial charge in [0, 0.05) is 12.8 Å². The number of anilines is 1. The Hall–Kier alpha value is -2.24. The van der Waals surface area contributed by atoms with Crippen LogP contribution in [0.4, 0.5) is 14.5 Å². The average molecular weight is 295 g/mol. The fourth-order valence-corrected chi connectivity index (χ4v) is 2.12. The number of imide groups is 1. The monoisotopic (exact) mass is 295 g/mol. The molecule has 1 aliphatic heterocycles. The minimum atomic E-state index is -0.949. The maximum atomic E-state index is 14.1. The van der Waals surface area contributed by atoms with Crippen molar-refractivity contribution in [3.63, 3.8) is 0 Å². The molecule has 1 aliphatic rings. The topological polar surface area (TPSA) is 46.6 Å². The van der Waals surface area contributed by atoms with Crippen LogP contribution in [0, 0.1) is 11.6 Å². The van der Waals surface area contributed by atoms with Gasteiger partial charge in [0.1, 0.15) is 5.69 Å². The molecule has 1 fully saturated rings. The van der Waals surface area contributed by atoms with Crippen LogP contribution in [0.1, 0.15) is 31.7 Å². The molecule has 0 atom stereocenters. The normalized spacial score (nSPS) is 15.9. The number of ether oxygens (including phenoxy) is 1. The first-order valence-corrected chi connectivity index (χ1v) is 6.67. The van der Waals surface area contributed by atoms with Crippen molar-refractivity contribution in [1.82, 2.24) is 0 Å². The van der Waals surface area contributed by atoms with Crippen molar-refractivity contribution in [2.24, 2.45) is 0 Å². The number of nitrogens with zero attached hydrogens (tertiary/aromatic N) is 1. The van der Waals surface area contributed by atoms with E-state index in [-0.39, 0.29) is 18.4 Å². The summed E-state index contributed by atoms with van der Waals surface area (Å²) >= 11 is 0. The van der Waals surface area contributed by atoms with Crippen molar-refractivity contribution >= 4 is 23.6 Å². The number of piperidine rings is 1. The van der Waals surface area contributed by atoms with E-state index < -0.39 is 29.1 Å². The predicted octanol–water partition coefficient (Wildman–Crippen LogP) is 3.02. The van der Waals surface area contributed by atoms with E-state index in [4.69, 9.17) is 4.74 Å². The van der Waals surface area contributed by atoms with E-state index in [1.54, 1.807) is 6.92 Å². The predicted molar refractivity (Wildman–Crippen MR) is 73.4 cm³/mol. The van der Waals surface area contributed by atoms with Crippen LogP contribution in [0.15, 0.2) is 18.4 Å². The highest BCUT2D eigenvalue weighted by Gasteiger charge is 2.31. The van der Waals surface area contributed by atoms with E-state index in [9.17, 15) is 18.4 Å². The lowest BCUT2D eigenvalue weighted by molar-refractivity contribution is -0.129. The molecule has 21 heavy (non-hydrogen) atoms. The molecule has 0 radical (unpaired) electrons. The summed E-state index contributed by atoms with van der Waals surface area (Å²) in [6.45, 7) is 2.22. The molecule has 1 aromatic rings. The van der Waals surface area contributed by atoms with E-state index in [0.717, 1.165) is 12.1 Å². The van der Waals surface area contributed by atoms with Crippen molar-refractivity contribution in [2.75, 3.05) is 11.5 Å². The zero-order chi connectivity index (χ0) is 15.4. The van der Waals surface area contributed by atoms with E-state index in [1.165, 1.54) is 12.3 Å². The van der Waals surface area contributed by atoms with Crippen LogP contribution >= 0.6 is 0 Å². The molecule has 2 amide bonds. The SMILES string of the molecule is CCOC=Cc1cc(F)c(N2C(=O)CCCC2=O)c(F)c1. The van der Waals surface area contributed by atoms with Crippen LogP contribution in [0.3, 0.4) is 0 Å². The molecule has 1 aromatic carbocycles. The third-order valence-corrected chi connectivity index (χ3v) is 3.07. The Bertz CT molecular complexity index is 560. The first-order valence-electron chi connectivity index (χ1n) is 6.67. The second kappa shape index (κ2) is 6.47. The first-order chi connectivity index (χ1) is 10.0. The van der Waals surface area contributed by atoms with Crippen molar-refractivity contribution < 1.29 is 23.1 Å². The molecule has 0 spiro atoms. The minimum absolute atomic E-state index is 0.108. The van der Waals surface area contributed by atoms with Gasteiger partial charge in [-0.25, -0.2) is 13.7 Å². The zero-order valence-corrected chi connectivity index (χ0v) is 11.6. The lowest BCUT2D eigenvalue weighted by Gasteiger charge is -2.25. The van der Waals surface area contributed by atoms with Crippen molar-refractivity contribution in [3.05, 3.63) is 35.6 Å². The molecule has 0 aromatic heterocycles. The number of hydrogen-bond acceptors (Lipinski definition) is 3. The fourth-order valence-electron chi connectivity index (χ4n) is 2.12. The average Bonchev–Trinajstić information content (AvgIpc) is 2.41. The summed E-state index contributed by atoms with van der Waals surface area (Å²) < 4.78 is 33.1. The fraction of sp³-hybridized carbons (Fsp3) is 0.333. The van der Waals surface area contributed by atoms with Crippen molar-refractivity contribution in [2.45, 2.75) is 26.2 Å². The van der Waals surface area contributed by atoms with Gasteiger partial charge in [-0.15, -0.1) is 0 Å². The van der Waals surface area contributed by atoms with Crippen LogP contribution in [0.25, 0.3) is 6.08 Å². The quantitative estimate of drug-likeness (QED) is 0.633. The third kappa shape index (κ3) is 3.26. The Kier molecular flexibility index (Phi) is 4.67. The summed E-state index contributed by atoms with van der Waals surface area (Å²) in [5.41, 5.74) is -0.350. The van der Waals surface area contributed by atoms with Gasteiger partial charge < -0.3 is 4.74 Å². The van der Waals surface area contributed by atoms with Gasteiger partial charge in [-0.1, -0.05) is 0 Å². The molecule has 0 N–H and O–H groups in total. The smallest absolute Gasteiger partial charge is 0.233 e. The van der Waals surface area contributed by atoms with Crippen LogP contribution in [-0.2, 0) is 14.3 Å². The number of hydrogen-bond donors (Lipinski definition) is 0. The van der Waals surface area contributed by atoms with E-state index >= 15 is 0 Å². The first kappa shape index (κ1) is 15.2. The molecule has 4 nitrogen and oxygen atoms in total. The largest absolute Gasteiger partial charge is 0.501 e. The summed E-state index contributed by atoms with van der Waals surface area (Å²) in [5, 5.41) is 0. The number of rotatable bonds is 4. The van der Waals surface area contributed by atoms with Gasteiger partial charge in [0.25, 0.3) is 0 Å². The number of halogens is 2. The number of amides is 2. The molecular formula is C15H15F2NO3. The van der Waals surface area contributed by atoms with Crippen LogP contribution in [0.2, 0.25) is 0 Å². The standard InChI is InChI=1S/C15H15F2NO3/c1-2-21-7-6-10-8-11(16)15(12(17)9-10)18-13(19)4-3-5-14(18)20/h6-9H,2-5H2,1H3. The highest BCUT2D eigenvalue weighted by Crippen LogP contribution is 2.29. The summed E-state index contributed by atoms with van der Waals surface area (Å²) in [4.78, 5) is 24.1.